The second-order valence-corrected chi connectivity index (χ2v) is 4.29. The van der Waals surface area contributed by atoms with Gasteiger partial charge in [-0.05, 0) is 13.0 Å². The number of hydrogen-bond donors (Lipinski definition) is 1. The first-order valence-corrected chi connectivity index (χ1v) is 5.72. The number of hydrogen-bond acceptors (Lipinski definition) is 5. The molecule has 1 N–H and O–H groups in total. The standard InChI is InChI=1S/C10H10N4O2S/c1-6-5-17-10(11-6)12-9(16)7-3-4-8(15)14(2)13-7/h3-5H,1-2H3,(H,11,12,16). The fraction of sp³-hybridized carbons (Fsp3) is 0.200. The van der Waals surface area contributed by atoms with E-state index in [0.717, 1.165) is 10.4 Å². The van der Waals surface area contributed by atoms with Gasteiger partial charge in [0.15, 0.2) is 5.13 Å². The Balaban J connectivity index is 2.20. The Morgan fingerprint density at radius 1 is 1.47 bits per heavy atom. The largest absolute Gasteiger partial charge is 0.296 e. The third-order valence-corrected chi connectivity index (χ3v) is 2.91. The number of aryl methyl sites for hydroxylation is 2. The number of rotatable bonds is 2. The summed E-state index contributed by atoms with van der Waals surface area (Å²) in [6.45, 7) is 1.84. The molecule has 0 spiro atoms. The van der Waals surface area contributed by atoms with Crippen molar-refractivity contribution in [2.24, 2.45) is 7.05 Å². The van der Waals surface area contributed by atoms with E-state index >= 15 is 0 Å². The van der Waals surface area contributed by atoms with Gasteiger partial charge in [0.05, 0.1) is 5.69 Å². The van der Waals surface area contributed by atoms with Crippen LogP contribution in [0.25, 0.3) is 0 Å². The van der Waals surface area contributed by atoms with E-state index in [1.807, 2.05) is 12.3 Å². The van der Waals surface area contributed by atoms with E-state index in [0.29, 0.717) is 5.13 Å². The zero-order valence-corrected chi connectivity index (χ0v) is 10.1. The molecule has 6 nitrogen and oxygen atoms in total. The van der Waals surface area contributed by atoms with Gasteiger partial charge in [-0.3, -0.25) is 14.9 Å². The summed E-state index contributed by atoms with van der Waals surface area (Å²) in [5.41, 5.74) is 0.769. The van der Waals surface area contributed by atoms with Gasteiger partial charge in [0.25, 0.3) is 11.5 Å². The van der Waals surface area contributed by atoms with Gasteiger partial charge in [-0.1, -0.05) is 0 Å². The molecule has 0 aliphatic rings. The highest BCUT2D eigenvalue weighted by Crippen LogP contribution is 2.14. The molecule has 0 aliphatic carbocycles. The molecule has 2 aromatic heterocycles. The Morgan fingerprint density at radius 3 is 2.82 bits per heavy atom. The van der Waals surface area contributed by atoms with Gasteiger partial charge in [-0.25, -0.2) is 9.67 Å². The van der Waals surface area contributed by atoms with Crippen LogP contribution in [0.15, 0.2) is 22.3 Å². The predicted octanol–water partition coefficient (Wildman–Crippen LogP) is 0.798. The number of carbonyl (C=O) groups is 1. The van der Waals surface area contributed by atoms with E-state index in [1.54, 1.807) is 0 Å². The lowest BCUT2D eigenvalue weighted by molar-refractivity contribution is 0.102. The zero-order chi connectivity index (χ0) is 12.4. The first-order chi connectivity index (χ1) is 8.06. The highest BCUT2D eigenvalue weighted by molar-refractivity contribution is 7.13. The number of nitrogens with one attached hydrogen (secondary N) is 1. The lowest BCUT2D eigenvalue weighted by atomic mass is 10.4. The molecule has 88 valence electrons. The maximum Gasteiger partial charge on any atom is 0.277 e. The van der Waals surface area contributed by atoms with Crippen LogP contribution in [-0.4, -0.2) is 20.7 Å². The Kier molecular flexibility index (Phi) is 3.01. The van der Waals surface area contributed by atoms with Crippen LogP contribution in [0.4, 0.5) is 5.13 Å². The van der Waals surface area contributed by atoms with Crippen molar-refractivity contribution in [3.63, 3.8) is 0 Å². The Labute approximate surface area is 101 Å². The summed E-state index contributed by atoms with van der Waals surface area (Å²) in [6.07, 6.45) is 0. The topological polar surface area (TPSA) is 76.9 Å². The van der Waals surface area contributed by atoms with Crippen molar-refractivity contribution < 1.29 is 4.79 Å². The minimum atomic E-state index is -0.380. The Bertz CT molecular complexity index is 617. The van der Waals surface area contributed by atoms with Crippen LogP contribution in [0.5, 0.6) is 0 Å². The zero-order valence-electron chi connectivity index (χ0n) is 9.30. The molecule has 7 heteroatoms. The second kappa shape index (κ2) is 4.46. The maximum absolute atomic E-state index is 11.8. The van der Waals surface area contributed by atoms with Gasteiger partial charge < -0.3 is 0 Å². The van der Waals surface area contributed by atoms with Crippen LogP contribution >= 0.6 is 11.3 Å². The molecule has 0 bridgehead atoms. The maximum atomic E-state index is 11.8. The summed E-state index contributed by atoms with van der Waals surface area (Å²) < 4.78 is 1.11. The summed E-state index contributed by atoms with van der Waals surface area (Å²) in [7, 11) is 1.49. The highest BCUT2D eigenvalue weighted by Gasteiger charge is 2.10. The van der Waals surface area contributed by atoms with E-state index in [-0.39, 0.29) is 17.2 Å². The van der Waals surface area contributed by atoms with E-state index in [2.05, 4.69) is 15.4 Å². The predicted molar refractivity (Wildman–Crippen MR) is 64.3 cm³/mol. The van der Waals surface area contributed by atoms with Crippen molar-refractivity contribution in [3.8, 4) is 0 Å². The highest BCUT2D eigenvalue weighted by atomic mass is 32.1. The number of anilines is 1. The van der Waals surface area contributed by atoms with Gasteiger partial charge >= 0.3 is 0 Å². The molecule has 2 heterocycles. The monoisotopic (exact) mass is 250 g/mol. The fourth-order valence-electron chi connectivity index (χ4n) is 1.20. The number of carbonyl (C=O) groups excluding carboxylic acids is 1. The quantitative estimate of drug-likeness (QED) is 0.855. The van der Waals surface area contributed by atoms with Gasteiger partial charge in [0.2, 0.25) is 0 Å². The van der Waals surface area contributed by atoms with Crippen molar-refractivity contribution >= 4 is 22.4 Å². The van der Waals surface area contributed by atoms with Gasteiger partial charge in [-0.2, -0.15) is 5.10 Å². The number of amides is 1. The SMILES string of the molecule is Cc1csc(NC(=O)c2ccc(=O)n(C)n2)n1. The molecule has 0 saturated carbocycles. The summed E-state index contributed by atoms with van der Waals surface area (Å²) in [4.78, 5) is 27.0. The summed E-state index contributed by atoms with van der Waals surface area (Å²) in [6, 6.07) is 2.69. The van der Waals surface area contributed by atoms with E-state index in [1.165, 1.54) is 30.5 Å². The first kappa shape index (κ1) is 11.5. The van der Waals surface area contributed by atoms with Gasteiger partial charge in [0, 0.05) is 18.5 Å². The van der Waals surface area contributed by atoms with Gasteiger partial charge in [-0.15, -0.1) is 11.3 Å². The van der Waals surface area contributed by atoms with E-state index < -0.39 is 0 Å². The van der Waals surface area contributed by atoms with Crippen LogP contribution in [0.2, 0.25) is 0 Å². The molecular formula is C10H10N4O2S. The molecule has 0 aromatic carbocycles. The lowest BCUT2D eigenvalue weighted by Gasteiger charge is -2.01. The normalized spacial score (nSPS) is 10.2. The molecular weight excluding hydrogens is 240 g/mol. The molecule has 2 aromatic rings. The van der Waals surface area contributed by atoms with Crippen LogP contribution in [-0.2, 0) is 7.05 Å². The molecule has 0 fully saturated rings. The summed E-state index contributed by atoms with van der Waals surface area (Å²) in [5.74, 6) is -0.380. The second-order valence-electron chi connectivity index (χ2n) is 3.43. The van der Waals surface area contributed by atoms with E-state index in [4.69, 9.17) is 0 Å². The van der Waals surface area contributed by atoms with Crippen molar-refractivity contribution in [1.29, 1.82) is 0 Å². The number of aromatic nitrogens is 3. The van der Waals surface area contributed by atoms with Crippen LogP contribution < -0.4 is 10.9 Å². The van der Waals surface area contributed by atoms with Crippen molar-refractivity contribution in [2.75, 3.05) is 5.32 Å². The van der Waals surface area contributed by atoms with Crippen molar-refractivity contribution in [2.45, 2.75) is 6.92 Å². The first-order valence-electron chi connectivity index (χ1n) is 4.84. The Morgan fingerprint density at radius 2 is 2.24 bits per heavy atom. The smallest absolute Gasteiger partial charge is 0.277 e. The van der Waals surface area contributed by atoms with E-state index in [9.17, 15) is 9.59 Å². The molecule has 0 atom stereocenters. The fourth-order valence-corrected chi connectivity index (χ4v) is 1.88. The molecule has 0 saturated heterocycles. The van der Waals surface area contributed by atoms with Gasteiger partial charge in [0.1, 0.15) is 5.69 Å². The average Bonchev–Trinajstić information content (AvgIpc) is 2.68. The molecule has 1 amide bonds. The number of nitrogens with zero attached hydrogens (tertiary/aromatic N) is 3. The molecule has 2 rings (SSSR count). The lowest BCUT2D eigenvalue weighted by Crippen LogP contribution is -2.23. The van der Waals surface area contributed by atoms with Crippen LogP contribution in [0.3, 0.4) is 0 Å². The van der Waals surface area contributed by atoms with Crippen molar-refractivity contribution in [1.82, 2.24) is 14.8 Å². The Hall–Kier alpha value is -2.02. The minimum absolute atomic E-state index is 0.181. The van der Waals surface area contributed by atoms with Crippen LogP contribution in [0.1, 0.15) is 16.2 Å². The molecule has 17 heavy (non-hydrogen) atoms. The summed E-state index contributed by atoms with van der Waals surface area (Å²) in [5, 5.41) is 8.81. The third-order valence-electron chi connectivity index (χ3n) is 2.03. The van der Waals surface area contributed by atoms with Crippen molar-refractivity contribution in [3.05, 3.63) is 39.3 Å². The average molecular weight is 250 g/mol. The molecule has 0 aliphatic heterocycles. The minimum Gasteiger partial charge on any atom is -0.296 e. The summed E-state index contributed by atoms with van der Waals surface area (Å²) >= 11 is 1.34. The number of thiazole rings is 1. The molecule has 0 radical (unpaired) electrons. The molecule has 0 unspecified atom stereocenters. The third kappa shape index (κ3) is 2.56. The van der Waals surface area contributed by atoms with Crippen LogP contribution in [0, 0.1) is 6.92 Å².